The Bertz CT molecular complexity index is 1850. The van der Waals surface area contributed by atoms with E-state index in [-0.39, 0.29) is 23.7 Å². The van der Waals surface area contributed by atoms with E-state index in [0.29, 0.717) is 41.6 Å². The fourth-order valence-corrected chi connectivity index (χ4v) is 5.91. The molecule has 6 rings (SSSR count). The molecule has 0 bridgehead atoms. The Labute approximate surface area is 261 Å². The molecule has 4 N–H and O–H groups in total. The van der Waals surface area contributed by atoms with E-state index in [0.717, 1.165) is 40.9 Å². The summed E-state index contributed by atoms with van der Waals surface area (Å²) in [6, 6.07) is 20.8. The highest BCUT2D eigenvalue weighted by Gasteiger charge is 2.26. The van der Waals surface area contributed by atoms with Crippen LogP contribution in [0.25, 0.3) is 11.0 Å². The van der Waals surface area contributed by atoms with Crippen LogP contribution in [0, 0.1) is 12.7 Å². The van der Waals surface area contributed by atoms with Gasteiger partial charge in [-0.1, -0.05) is 26.0 Å². The zero-order chi connectivity index (χ0) is 31.5. The minimum atomic E-state index is -0.370. The molecule has 0 unspecified atom stereocenters. The lowest BCUT2D eigenvalue weighted by Crippen LogP contribution is -2.45. The number of H-pyrrole nitrogens is 1. The maximum absolute atomic E-state index is 13.4. The summed E-state index contributed by atoms with van der Waals surface area (Å²) in [7, 11) is 0. The molecule has 10 heteroatoms. The lowest BCUT2D eigenvalue weighted by molar-refractivity contribution is 0.0714. The molecule has 45 heavy (non-hydrogen) atoms. The predicted octanol–water partition coefficient (Wildman–Crippen LogP) is 7.24. The van der Waals surface area contributed by atoms with Gasteiger partial charge in [-0.15, -0.1) is 0 Å². The summed E-state index contributed by atoms with van der Waals surface area (Å²) in [5.74, 6) is 0.348. The number of hydrogen-bond donors (Lipinski definition) is 4. The highest BCUT2D eigenvalue weighted by atomic mass is 19.1. The first-order valence-electron chi connectivity index (χ1n) is 15.2. The number of rotatable bonds is 8. The Morgan fingerprint density at radius 2 is 1.82 bits per heavy atom. The maximum Gasteiger partial charge on any atom is 0.255 e. The van der Waals surface area contributed by atoms with Crippen LogP contribution >= 0.6 is 0 Å². The van der Waals surface area contributed by atoms with Crippen molar-refractivity contribution >= 4 is 45.7 Å². The number of aromatic amines is 1. The number of fused-ring (bicyclic) bond motifs is 1. The number of anilines is 4. The van der Waals surface area contributed by atoms with Crippen LogP contribution < -0.4 is 16.0 Å². The molecule has 2 amide bonds. The zero-order valence-corrected chi connectivity index (χ0v) is 25.5. The summed E-state index contributed by atoms with van der Waals surface area (Å²) >= 11 is 0. The third-order valence-corrected chi connectivity index (χ3v) is 8.16. The Kier molecular flexibility index (Phi) is 8.46. The van der Waals surface area contributed by atoms with Gasteiger partial charge in [-0.3, -0.25) is 14.7 Å². The number of piperidine rings is 1. The predicted molar refractivity (Wildman–Crippen MR) is 176 cm³/mol. The molecular weight excluding hydrogens is 569 g/mol. The second kappa shape index (κ2) is 12.8. The number of pyridine rings is 1. The first-order valence-corrected chi connectivity index (χ1v) is 15.2. The van der Waals surface area contributed by atoms with Crippen LogP contribution in [0.15, 0.2) is 79.0 Å². The van der Waals surface area contributed by atoms with Crippen molar-refractivity contribution in [1.29, 1.82) is 0 Å². The van der Waals surface area contributed by atoms with Gasteiger partial charge in [0.05, 0.1) is 11.1 Å². The summed E-state index contributed by atoms with van der Waals surface area (Å²) in [6.45, 7) is 7.49. The molecule has 1 atom stereocenters. The van der Waals surface area contributed by atoms with Crippen molar-refractivity contribution in [2.45, 2.75) is 45.6 Å². The van der Waals surface area contributed by atoms with Crippen molar-refractivity contribution in [3.05, 3.63) is 107 Å². The summed E-state index contributed by atoms with van der Waals surface area (Å²) in [5, 5.41) is 18.2. The fourth-order valence-electron chi connectivity index (χ4n) is 5.91. The number of aromatic nitrogens is 3. The highest BCUT2D eigenvalue weighted by molar-refractivity contribution is 6.05. The van der Waals surface area contributed by atoms with Crippen LogP contribution in [-0.2, 0) is 0 Å². The van der Waals surface area contributed by atoms with Crippen LogP contribution in [0.1, 0.15) is 64.4 Å². The van der Waals surface area contributed by atoms with E-state index >= 15 is 0 Å². The second-order valence-corrected chi connectivity index (χ2v) is 11.8. The monoisotopic (exact) mass is 605 g/mol. The molecule has 2 aromatic heterocycles. The van der Waals surface area contributed by atoms with Crippen molar-refractivity contribution in [2.24, 2.45) is 0 Å². The Hall–Kier alpha value is -5.25. The second-order valence-electron chi connectivity index (χ2n) is 11.8. The first kappa shape index (κ1) is 29.8. The minimum Gasteiger partial charge on any atom is -0.363 e. The Morgan fingerprint density at radius 1 is 1.00 bits per heavy atom. The summed E-state index contributed by atoms with van der Waals surface area (Å²) in [4.78, 5) is 32.5. The topological polar surface area (TPSA) is 115 Å². The van der Waals surface area contributed by atoms with Gasteiger partial charge in [-0.25, -0.2) is 9.37 Å². The van der Waals surface area contributed by atoms with E-state index in [4.69, 9.17) is 0 Å². The molecule has 1 aliphatic rings. The molecule has 0 radical (unpaired) electrons. The van der Waals surface area contributed by atoms with Crippen molar-refractivity contribution in [1.82, 2.24) is 20.1 Å². The number of likely N-dealkylation sites (tertiary alicyclic amines) is 1. The molecule has 1 fully saturated rings. The third kappa shape index (κ3) is 6.64. The number of aryl methyl sites for hydroxylation is 1. The largest absolute Gasteiger partial charge is 0.363 e. The smallest absolute Gasteiger partial charge is 0.255 e. The number of carbonyl (C=O) groups is 2. The molecular formula is C35H36FN7O2. The number of nitrogens with zero attached hydrogens (tertiary/aromatic N) is 3. The normalized spacial score (nSPS) is 14.9. The van der Waals surface area contributed by atoms with Gasteiger partial charge >= 0.3 is 0 Å². The Balaban J connectivity index is 1.17. The SMILES string of the molecule is Cc1cc(NC(=O)c2cccc(Nc3ccnc4[nH]nc(N[C@@H]5CCCN(C(=O)c6ccc(F)cc6)C5)c34)c2)ccc1C(C)C. The van der Waals surface area contributed by atoms with Gasteiger partial charge in [0.15, 0.2) is 11.5 Å². The molecule has 5 aromatic rings. The standard InChI is InChI=1S/C35H36FN7O2/c1-21(2)29-14-13-27(18-22(29)3)40-34(44)24-6-4-7-26(19-24)38-30-15-16-37-32-31(30)33(42-41-32)39-28-8-5-17-43(20-28)35(45)23-9-11-25(36)12-10-23/h4,6-7,9-16,18-19,21,28H,5,8,17,20H2,1-3H3,(H,40,44)(H3,37,38,39,41,42)/t28-/m1/s1. The average Bonchev–Trinajstić information content (AvgIpc) is 3.44. The zero-order valence-electron chi connectivity index (χ0n) is 25.5. The number of halogens is 1. The lowest BCUT2D eigenvalue weighted by atomic mass is 9.97. The molecule has 230 valence electrons. The van der Waals surface area contributed by atoms with E-state index in [9.17, 15) is 14.0 Å². The molecule has 0 saturated carbocycles. The molecule has 3 heterocycles. The van der Waals surface area contributed by atoms with Crippen molar-refractivity contribution in [3.63, 3.8) is 0 Å². The van der Waals surface area contributed by atoms with Crippen LogP contribution in [0.4, 0.5) is 27.3 Å². The van der Waals surface area contributed by atoms with Crippen LogP contribution in [0.5, 0.6) is 0 Å². The van der Waals surface area contributed by atoms with Gasteiger partial charge in [0, 0.05) is 47.8 Å². The van der Waals surface area contributed by atoms with Gasteiger partial charge < -0.3 is 20.9 Å². The van der Waals surface area contributed by atoms with Crippen LogP contribution in [0.2, 0.25) is 0 Å². The highest BCUT2D eigenvalue weighted by Crippen LogP contribution is 2.31. The van der Waals surface area contributed by atoms with Crippen LogP contribution in [0.3, 0.4) is 0 Å². The molecule has 9 nitrogen and oxygen atoms in total. The summed E-state index contributed by atoms with van der Waals surface area (Å²) in [5.41, 5.74) is 6.26. The fraction of sp³-hybridized carbons (Fsp3) is 0.257. The lowest BCUT2D eigenvalue weighted by Gasteiger charge is -2.33. The molecule has 0 aliphatic carbocycles. The van der Waals surface area contributed by atoms with Crippen LogP contribution in [-0.4, -0.2) is 51.0 Å². The maximum atomic E-state index is 13.4. The van der Waals surface area contributed by atoms with E-state index < -0.39 is 0 Å². The van der Waals surface area contributed by atoms with Crippen molar-refractivity contribution in [3.8, 4) is 0 Å². The number of amides is 2. The first-order chi connectivity index (χ1) is 21.7. The van der Waals surface area contributed by atoms with E-state index in [1.54, 1.807) is 17.2 Å². The van der Waals surface area contributed by atoms with Crippen molar-refractivity contribution in [2.75, 3.05) is 29.0 Å². The van der Waals surface area contributed by atoms with E-state index in [1.165, 1.54) is 29.8 Å². The van der Waals surface area contributed by atoms with Gasteiger partial charge in [0.1, 0.15) is 5.82 Å². The molecule has 1 aliphatic heterocycles. The van der Waals surface area contributed by atoms with Gasteiger partial charge in [-0.05, 0) is 97.5 Å². The summed E-state index contributed by atoms with van der Waals surface area (Å²) in [6.07, 6.45) is 3.38. The van der Waals surface area contributed by atoms with E-state index in [1.807, 2.05) is 36.4 Å². The van der Waals surface area contributed by atoms with Gasteiger partial charge in [-0.2, -0.15) is 5.10 Å². The quantitative estimate of drug-likeness (QED) is 0.148. The summed E-state index contributed by atoms with van der Waals surface area (Å²) < 4.78 is 13.4. The van der Waals surface area contributed by atoms with Crippen molar-refractivity contribution < 1.29 is 14.0 Å². The molecule has 3 aromatic carbocycles. The minimum absolute atomic E-state index is 0.0343. The molecule has 0 spiro atoms. The number of hydrogen-bond acceptors (Lipinski definition) is 6. The average molecular weight is 606 g/mol. The third-order valence-electron chi connectivity index (χ3n) is 8.16. The van der Waals surface area contributed by atoms with E-state index in [2.05, 4.69) is 58.0 Å². The number of nitrogens with one attached hydrogen (secondary N) is 4. The van der Waals surface area contributed by atoms with Gasteiger partial charge in [0.25, 0.3) is 11.8 Å². The molecule has 1 saturated heterocycles. The van der Waals surface area contributed by atoms with Gasteiger partial charge in [0.2, 0.25) is 0 Å². The Morgan fingerprint density at radius 3 is 2.60 bits per heavy atom. The number of carbonyl (C=O) groups excluding carboxylic acids is 2. The number of benzene rings is 3.